The lowest BCUT2D eigenvalue weighted by Gasteiger charge is -2.10. The summed E-state index contributed by atoms with van der Waals surface area (Å²) in [6.07, 6.45) is -0.183. The summed E-state index contributed by atoms with van der Waals surface area (Å²) in [4.78, 5) is 18.2. The topological polar surface area (TPSA) is 90.2 Å². The van der Waals surface area contributed by atoms with E-state index < -0.39 is 4.92 Å². The van der Waals surface area contributed by atoms with Gasteiger partial charge in [0.25, 0.3) is 5.88 Å². The minimum absolute atomic E-state index is 0.00292. The molecule has 7 heteroatoms. The first kappa shape index (κ1) is 12.2. The van der Waals surface area contributed by atoms with Gasteiger partial charge in [-0.15, -0.1) is 0 Å². The van der Waals surface area contributed by atoms with Crippen molar-refractivity contribution in [2.24, 2.45) is 0 Å². The van der Waals surface area contributed by atoms with Crippen molar-refractivity contribution in [2.45, 2.75) is 26.9 Å². The lowest BCUT2D eigenvalue weighted by atomic mass is 10.3. The highest BCUT2D eigenvalue weighted by Crippen LogP contribution is 2.29. The number of rotatable bonds is 4. The highest BCUT2D eigenvalue weighted by molar-refractivity contribution is 5.48. The van der Waals surface area contributed by atoms with E-state index in [9.17, 15) is 10.1 Å². The molecule has 0 bridgehead atoms. The van der Waals surface area contributed by atoms with Crippen LogP contribution in [0.15, 0.2) is 0 Å². The molecule has 0 aliphatic carbocycles. The van der Waals surface area contributed by atoms with Crippen molar-refractivity contribution in [2.75, 3.05) is 12.4 Å². The van der Waals surface area contributed by atoms with Crippen LogP contribution < -0.4 is 10.1 Å². The second kappa shape index (κ2) is 4.73. The lowest BCUT2D eigenvalue weighted by Crippen LogP contribution is -2.12. The van der Waals surface area contributed by atoms with E-state index in [1.807, 2.05) is 0 Å². The molecule has 0 aromatic carbocycles. The van der Waals surface area contributed by atoms with Gasteiger partial charge in [-0.25, -0.2) is 4.98 Å². The van der Waals surface area contributed by atoms with Crippen molar-refractivity contribution >= 4 is 11.6 Å². The van der Waals surface area contributed by atoms with E-state index in [4.69, 9.17) is 4.74 Å². The number of nitrogens with zero attached hydrogens (tertiary/aromatic N) is 3. The summed E-state index contributed by atoms with van der Waals surface area (Å²) in [7, 11) is 1.64. The smallest absolute Gasteiger partial charge is 0.352 e. The van der Waals surface area contributed by atoms with Crippen LogP contribution in [0.25, 0.3) is 0 Å². The van der Waals surface area contributed by atoms with Crippen molar-refractivity contribution in [3.63, 3.8) is 0 Å². The van der Waals surface area contributed by atoms with E-state index in [-0.39, 0.29) is 23.4 Å². The molecule has 0 radical (unpaired) electrons. The van der Waals surface area contributed by atoms with Crippen molar-refractivity contribution in [1.29, 1.82) is 0 Å². The molecule has 16 heavy (non-hydrogen) atoms. The van der Waals surface area contributed by atoms with Crippen LogP contribution in [-0.4, -0.2) is 28.0 Å². The second-order valence-electron chi connectivity index (χ2n) is 3.46. The number of nitrogens with one attached hydrogen (secondary N) is 1. The Labute approximate surface area is 93.0 Å². The largest absolute Gasteiger partial charge is 0.470 e. The van der Waals surface area contributed by atoms with Gasteiger partial charge in [-0.2, -0.15) is 4.98 Å². The third-order valence-electron chi connectivity index (χ3n) is 1.78. The summed E-state index contributed by atoms with van der Waals surface area (Å²) in [5.41, 5.74) is 0.0905. The molecule has 0 unspecified atom stereocenters. The summed E-state index contributed by atoms with van der Waals surface area (Å²) < 4.78 is 5.30. The average molecular weight is 226 g/mol. The fourth-order valence-corrected chi connectivity index (χ4v) is 1.17. The highest BCUT2D eigenvalue weighted by Gasteiger charge is 2.24. The zero-order valence-electron chi connectivity index (χ0n) is 9.64. The van der Waals surface area contributed by atoms with Crippen LogP contribution in [0.4, 0.5) is 11.6 Å². The first-order valence-corrected chi connectivity index (χ1v) is 4.83. The minimum Gasteiger partial charge on any atom is -0.470 e. The van der Waals surface area contributed by atoms with E-state index in [2.05, 4.69) is 15.3 Å². The van der Waals surface area contributed by atoms with Gasteiger partial charge in [-0.1, -0.05) is 0 Å². The normalized spacial score (nSPS) is 10.3. The van der Waals surface area contributed by atoms with Crippen LogP contribution in [0.5, 0.6) is 5.88 Å². The fraction of sp³-hybridized carbons (Fsp3) is 0.556. The Morgan fingerprint density at radius 2 is 2.06 bits per heavy atom. The van der Waals surface area contributed by atoms with E-state index in [1.165, 1.54) is 0 Å². The summed E-state index contributed by atoms with van der Waals surface area (Å²) in [6.45, 7) is 5.11. The predicted octanol–water partition coefficient (Wildman–Crippen LogP) is 1.52. The Morgan fingerprint density at radius 3 is 2.50 bits per heavy atom. The lowest BCUT2D eigenvalue weighted by molar-refractivity contribution is -0.387. The van der Waals surface area contributed by atoms with Gasteiger partial charge in [0.2, 0.25) is 5.95 Å². The van der Waals surface area contributed by atoms with Gasteiger partial charge in [-0.3, -0.25) is 10.1 Å². The van der Waals surface area contributed by atoms with Crippen molar-refractivity contribution in [3.05, 3.63) is 15.8 Å². The molecule has 0 saturated carbocycles. The molecule has 1 heterocycles. The van der Waals surface area contributed by atoms with Crippen LogP contribution in [-0.2, 0) is 0 Å². The standard InChI is InChI=1S/C9H14N4O3/c1-5(2)16-8-7(13(14)15)6(3)11-9(10-4)12-8/h5H,1-4H3,(H,10,11,12). The maximum absolute atomic E-state index is 10.8. The maximum atomic E-state index is 10.8. The summed E-state index contributed by atoms with van der Waals surface area (Å²) in [6, 6.07) is 0. The highest BCUT2D eigenvalue weighted by atomic mass is 16.6. The number of ether oxygens (including phenoxy) is 1. The monoisotopic (exact) mass is 226 g/mol. The van der Waals surface area contributed by atoms with Gasteiger partial charge >= 0.3 is 5.69 Å². The first-order valence-electron chi connectivity index (χ1n) is 4.83. The SMILES string of the molecule is CNc1nc(C)c([N+](=O)[O-])c(OC(C)C)n1. The van der Waals surface area contributed by atoms with E-state index in [0.717, 1.165) is 0 Å². The van der Waals surface area contributed by atoms with Crippen molar-refractivity contribution in [1.82, 2.24) is 9.97 Å². The van der Waals surface area contributed by atoms with E-state index >= 15 is 0 Å². The summed E-state index contributed by atoms with van der Waals surface area (Å²) in [5.74, 6) is 0.301. The average Bonchev–Trinajstić information content (AvgIpc) is 2.14. The van der Waals surface area contributed by atoms with Crippen molar-refractivity contribution in [3.8, 4) is 5.88 Å². The van der Waals surface area contributed by atoms with Crippen LogP contribution in [0.3, 0.4) is 0 Å². The number of aromatic nitrogens is 2. The Bertz CT molecular complexity index is 406. The molecule has 1 aromatic rings. The minimum atomic E-state index is -0.535. The molecule has 0 spiro atoms. The molecule has 1 aromatic heterocycles. The van der Waals surface area contributed by atoms with Gasteiger partial charge in [0.15, 0.2) is 0 Å². The predicted molar refractivity (Wildman–Crippen MR) is 58.7 cm³/mol. The molecule has 0 atom stereocenters. The molecule has 0 fully saturated rings. The Kier molecular flexibility index (Phi) is 3.60. The number of hydrogen-bond donors (Lipinski definition) is 1. The van der Waals surface area contributed by atoms with Gasteiger partial charge in [0, 0.05) is 7.05 Å². The van der Waals surface area contributed by atoms with E-state index in [1.54, 1.807) is 27.8 Å². The summed E-state index contributed by atoms with van der Waals surface area (Å²) in [5, 5.41) is 13.6. The summed E-state index contributed by atoms with van der Waals surface area (Å²) >= 11 is 0. The number of hydrogen-bond acceptors (Lipinski definition) is 6. The van der Waals surface area contributed by atoms with Crippen LogP contribution >= 0.6 is 0 Å². The van der Waals surface area contributed by atoms with Gasteiger partial charge in [-0.05, 0) is 20.8 Å². The number of aryl methyl sites for hydroxylation is 1. The van der Waals surface area contributed by atoms with Gasteiger partial charge in [0.05, 0.1) is 11.0 Å². The molecule has 7 nitrogen and oxygen atoms in total. The van der Waals surface area contributed by atoms with Gasteiger partial charge < -0.3 is 10.1 Å². The molecular formula is C9H14N4O3. The van der Waals surface area contributed by atoms with Crippen LogP contribution in [0.2, 0.25) is 0 Å². The Morgan fingerprint density at radius 1 is 1.44 bits per heavy atom. The third-order valence-corrected chi connectivity index (χ3v) is 1.78. The molecular weight excluding hydrogens is 212 g/mol. The third kappa shape index (κ3) is 2.56. The number of nitro groups is 1. The van der Waals surface area contributed by atoms with Crippen LogP contribution in [0, 0.1) is 17.0 Å². The van der Waals surface area contributed by atoms with Crippen molar-refractivity contribution < 1.29 is 9.66 Å². The molecule has 1 N–H and O–H groups in total. The Hall–Kier alpha value is -1.92. The molecule has 0 saturated heterocycles. The second-order valence-corrected chi connectivity index (χ2v) is 3.46. The molecule has 0 aliphatic heterocycles. The quantitative estimate of drug-likeness (QED) is 0.618. The van der Waals surface area contributed by atoms with E-state index in [0.29, 0.717) is 5.95 Å². The molecule has 88 valence electrons. The Balaban J connectivity index is 3.28. The maximum Gasteiger partial charge on any atom is 0.352 e. The van der Waals surface area contributed by atoms with Crippen LogP contribution in [0.1, 0.15) is 19.5 Å². The fourth-order valence-electron chi connectivity index (χ4n) is 1.17. The van der Waals surface area contributed by atoms with Gasteiger partial charge in [0.1, 0.15) is 5.69 Å². The molecule has 0 amide bonds. The zero-order chi connectivity index (χ0) is 12.3. The molecule has 1 rings (SSSR count). The number of anilines is 1. The molecule has 0 aliphatic rings. The first-order chi connectivity index (χ1) is 7.45. The zero-order valence-corrected chi connectivity index (χ0v) is 9.64.